The predicted octanol–water partition coefficient (Wildman–Crippen LogP) is 8.05. The molecule has 0 saturated carbocycles. The lowest BCUT2D eigenvalue weighted by Crippen LogP contribution is -2.42. The second kappa shape index (κ2) is 13.1. The first-order valence-corrected chi connectivity index (χ1v) is 11.9. The Balaban J connectivity index is 0.00000432. The maximum absolute atomic E-state index is 12.9. The van der Waals surface area contributed by atoms with E-state index in [9.17, 15) is 4.79 Å². The van der Waals surface area contributed by atoms with Crippen molar-refractivity contribution in [3.63, 3.8) is 0 Å². The van der Waals surface area contributed by atoms with Crippen molar-refractivity contribution in [2.75, 3.05) is 6.54 Å². The maximum Gasteiger partial charge on any atom is 0.230 e. The van der Waals surface area contributed by atoms with Crippen molar-refractivity contribution in [1.29, 1.82) is 0 Å². The van der Waals surface area contributed by atoms with E-state index in [1.54, 1.807) is 36.4 Å². The van der Waals surface area contributed by atoms with Gasteiger partial charge in [-0.3, -0.25) is 4.79 Å². The molecule has 2 N–H and O–H groups in total. The number of hydrogen-bond acceptors (Lipinski definition) is 5. The number of nitrogens with two attached hydrogens (primary N) is 1. The fourth-order valence-electron chi connectivity index (χ4n) is 3.23. The molecule has 0 spiro atoms. The number of ketones is 1. The average molecular weight is 556 g/mol. The molecule has 1 heterocycles. The van der Waals surface area contributed by atoms with Crippen molar-refractivity contribution in [2.45, 2.75) is 32.3 Å². The van der Waals surface area contributed by atoms with Gasteiger partial charge in [-0.1, -0.05) is 66.9 Å². The highest BCUT2D eigenvalue weighted by Gasteiger charge is 2.29. The molecule has 9 heteroatoms. The molecule has 0 aliphatic carbocycles. The van der Waals surface area contributed by atoms with Crippen LogP contribution in [0.25, 0.3) is 6.08 Å². The van der Waals surface area contributed by atoms with Gasteiger partial charge in [-0.15, -0.1) is 12.4 Å². The highest BCUT2D eigenvalue weighted by molar-refractivity contribution is 6.42. The number of allylic oxidation sites excluding steroid dienone is 1. The minimum atomic E-state index is -0.598. The molecule has 186 valence electrons. The van der Waals surface area contributed by atoms with Crippen molar-refractivity contribution in [3.8, 4) is 17.4 Å². The van der Waals surface area contributed by atoms with Gasteiger partial charge in [0.05, 0.1) is 15.6 Å². The molecule has 0 radical (unpaired) electrons. The van der Waals surface area contributed by atoms with Crippen molar-refractivity contribution in [2.24, 2.45) is 5.73 Å². The van der Waals surface area contributed by atoms with E-state index in [0.29, 0.717) is 35.2 Å². The zero-order valence-electron chi connectivity index (χ0n) is 19.3. The molecule has 0 atom stereocenters. The van der Waals surface area contributed by atoms with E-state index in [0.717, 1.165) is 5.56 Å². The van der Waals surface area contributed by atoms with Crippen molar-refractivity contribution < 1.29 is 14.3 Å². The molecule has 0 unspecified atom stereocenters. The number of ether oxygens (including phenoxy) is 2. The fraction of sp³-hybridized carbons (Fsp3) is 0.231. The predicted molar refractivity (Wildman–Crippen MR) is 146 cm³/mol. The van der Waals surface area contributed by atoms with Crippen molar-refractivity contribution in [3.05, 3.63) is 87.0 Å². The van der Waals surface area contributed by atoms with Crippen LogP contribution in [0.5, 0.6) is 17.4 Å². The Morgan fingerprint density at radius 1 is 1.03 bits per heavy atom. The maximum atomic E-state index is 12.9. The highest BCUT2D eigenvalue weighted by atomic mass is 35.5. The van der Waals surface area contributed by atoms with Crippen LogP contribution in [0, 0.1) is 0 Å². The van der Waals surface area contributed by atoms with E-state index in [4.69, 9.17) is 50.0 Å². The van der Waals surface area contributed by atoms with Crippen LogP contribution in [0.1, 0.15) is 42.6 Å². The number of rotatable bonds is 10. The van der Waals surface area contributed by atoms with Crippen LogP contribution < -0.4 is 15.2 Å². The number of benzene rings is 2. The summed E-state index contributed by atoms with van der Waals surface area (Å²) in [5.41, 5.74) is 6.52. The highest BCUT2D eigenvalue weighted by Crippen LogP contribution is 2.41. The number of pyridine rings is 1. The normalized spacial score (nSPS) is 11.3. The third-order valence-corrected chi connectivity index (χ3v) is 6.49. The monoisotopic (exact) mass is 554 g/mol. The van der Waals surface area contributed by atoms with E-state index in [1.807, 2.05) is 26.0 Å². The second-order valence-electron chi connectivity index (χ2n) is 7.62. The molecular formula is C26H26Cl4N2O3. The molecule has 2 aromatic carbocycles. The summed E-state index contributed by atoms with van der Waals surface area (Å²) in [5, 5.41) is 1.21. The number of halogens is 4. The molecule has 0 aliphatic rings. The summed E-state index contributed by atoms with van der Waals surface area (Å²) < 4.78 is 12.3. The Hall–Kier alpha value is -2.28. The van der Waals surface area contributed by atoms with Gasteiger partial charge in [0.25, 0.3) is 0 Å². The Bertz CT molecular complexity index is 1170. The SMILES string of the molecule is CCC(CC)(CN)Oc1cc(Cl)c(Cl)cc1Oc1ncccc1C(=O)C=Cc1ccc(Cl)cc1.Cl. The zero-order valence-corrected chi connectivity index (χ0v) is 22.3. The topological polar surface area (TPSA) is 74.4 Å². The van der Waals surface area contributed by atoms with Gasteiger partial charge < -0.3 is 15.2 Å². The summed E-state index contributed by atoms with van der Waals surface area (Å²) >= 11 is 18.4. The van der Waals surface area contributed by atoms with Crippen LogP contribution in [-0.2, 0) is 0 Å². The van der Waals surface area contributed by atoms with Crippen molar-refractivity contribution in [1.82, 2.24) is 4.98 Å². The smallest absolute Gasteiger partial charge is 0.230 e. The third-order valence-electron chi connectivity index (χ3n) is 5.51. The molecule has 3 rings (SSSR count). The molecular weight excluding hydrogens is 530 g/mol. The summed E-state index contributed by atoms with van der Waals surface area (Å²) in [6.07, 6.45) is 6.05. The van der Waals surface area contributed by atoms with Crippen LogP contribution in [0.2, 0.25) is 15.1 Å². The van der Waals surface area contributed by atoms with Crippen LogP contribution in [-0.4, -0.2) is 22.9 Å². The van der Waals surface area contributed by atoms with Gasteiger partial charge in [0.2, 0.25) is 5.88 Å². The van der Waals surface area contributed by atoms with Gasteiger partial charge in [0.1, 0.15) is 5.60 Å². The van der Waals surface area contributed by atoms with Gasteiger partial charge in [-0.25, -0.2) is 4.98 Å². The minimum Gasteiger partial charge on any atom is -0.482 e. The average Bonchev–Trinajstić information content (AvgIpc) is 2.85. The van der Waals surface area contributed by atoms with Gasteiger partial charge in [-0.2, -0.15) is 0 Å². The Kier molecular flexibility index (Phi) is 10.9. The lowest BCUT2D eigenvalue weighted by atomic mass is 9.97. The van der Waals surface area contributed by atoms with Crippen LogP contribution >= 0.6 is 47.2 Å². The van der Waals surface area contributed by atoms with Crippen LogP contribution in [0.3, 0.4) is 0 Å². The molecule has 35 heavy (non-hydrogen) atoms. The largest absolute Gasteiger partial charge is 0.482 e. The number of nitrogens with zero attached hydrogens (tertiary/aromatic N) is 1. The first-order chi connectivity index (χ1) is 16.3. The molecule has 0 aliphatic heterocycles. The zero-order chi connectivity index (χ0) is 24.7. The van der Waals surface area contributed by atoms with E-state index in [-0.39, 0.29) is 40.4 Å². The molecule has 0 amide bonds. The van der Waals surface area contributed by atoms with Gasteiger partial charge in [0.15, 0.2) is 17.3 Å². The summed E-state index contributed by atoms with van der Waals surface area (Å²) in [4.78, 5) is 17.2. The van der Waals surface area contributed by atoms with Gasteiger partial charge in [0, 0.05) is 29.9 Å². The molecule has 3 aromatic rings. The first kappa shape index (κ1) is 29.0. The Labute approximate surface area is 226 Å². The van der Waals surface area contributed by atoms with E-state index in [2.05, 4.69) is 4.98 Å². The van der Waals surface area contributed by atoms with Crippen LogP contribution in [0.4, 0.5) is 0 Å². The van der Waals surface area contributed by atoms with E-state index < -0.39 is 5.60 Å². The standard InChI is InChI=1S/C26H25Cl3N2O3.ClH/c1-3-26(4-2,16-30)34-24-15-21(29)20(28)14-23(24)33-25-19(6-5-13-31-25)22(32)12-9-17-7-10-18(27)11-8-17;/h5-15H,3-4,16,30H2,1-2H3;1H. The molecule has 0 saturated heterocycles. The summed E-state index contributed by atoms with van der Waals surface area (Å²) in [6, 6.07) is 13.6. The quantitative estimate of drug-likeness (QED) is 0.202. The van der Waals surface area contributed by atoms with Crippen LogP contribution in [0.15, 0.2) is 60.8 Å². The minimum absolute atomic E-state index is 0. The number of carbonyl (C=O) groups is 1. The van der Waals surface area contributed by atoms with E-state index in [1.165, 1.54) is 18.3 Å². The molecule has 0 bridgehead atoms. The van der Waals surface area contributed by atoms with E-state index >= 15 is 0 Å². The lowest BCUT2D eigenvalue weighted by Gasteiger charge is -2.32. The fourth-order valence-corrected chi connectivity index (χ4v) is 3.66. The Morgan fingerprint density at radius 3 is 2.26 bits per heavy atom. The van der Waals surface area contributed by atoms with Gasteiger partial charge >= 0.3 is 0 Å². The third kappa shape index (κ3) is 7.35. The number of hydrogen-bond donors (Lipinski definition) is 1. The second-order valence-corrected chi connectivity index (χ2v) is 8.87. The lowest BCUT2D eigenvalue weighted by molar-refractivity contribution is 0.0663. The summed E-state index contributed by atoms with van der Waals surface area (Å²) in [7, 11) is 0. The summed E-state index contributed by atoms with van der Waals surface area (Å²) in [5.74, 6) is 0.481. The molecule has 1 aromatic heterocycles. The first-order valence-electron chi connectivity index (χ1n) is 10.8. The Morgan fingerprint density at radius 2 is 1.66 bits per heavy atom. The molecule has 0 fully saturated rings. The van der Waals surface area contributed by atoms with Crippen molar-refractivity contribution >= 4 is 59.1 Å². The van der Waals surface area contributed by atoms with Gasteiger partial charge in [-0.05, 0) is 48.7 Å². The molecule has 5 nitrogen and oxygen atoms in total. The number of aromatic nitrogens is 1. The summed E-state index contributed by atoms with van der Waals surface area (Å²) in [6.45, 7) is 4.30. The number of carbonyl (C=O) groups excluding carboxylic acids is 1.